The maximum Gasteiger partial charge on any atom is 0.278 e. The first-order valence-corrected chi connectivity index (χ1v) is 9.21. The number of aromatic nitrogens is 2. The maximum atomic E-state index is 12.9. The van der Waals surface area contributed by atoms with Gasteiger partial charge in [0, 0.05) is 25.3 Å². The topological polar surface area (TPSA) is 49.3 Å². The van der Waals surface area contributed by atoms with Crippen molar-refractivity contribution in [2.45, 2.75) is 39.5 Å². The molecule has 1 aliphatic rings. The summed E-state index contributed by atoms with van der Waals surface area (Å²) in [6, 6.07) is 8.11. The Morgan fingerprint density at radius 1 is 1.12 bits per heavy atom. The van der Waals surface area contributed by atoms with Gasteiger partial charge in [-0.25, -0.2) is 9.97 Å². The largest absolute Gasteiger partial charge is 0.355 e. The van der Waals surface area contributed by atoms with Crippen LogP contribution in [-0.2, 0) is 6.42 Å². The zero-order valence-corrected chi connectivity index (χ0v) is 15.1. The number of benzene rings is 1. The molecule has 5 nitrogen and oxygen atoms in total. The number of carbonyl (C=O) groups is 1. The molecule has 0 radical (unpaired) electrons. The van der Waals surface area contributed by atoms with E-state index in [1.807, 2.05) is 23.1 Å². The van der Waals surface area contributed by atoms with Gasteiger partial charge in [-0.3, -0.25) is 4.79 Å². The van der Waals surface area contributed by atoms with Crippen molar-refractivity contribution in [3.8, 4) is 0 Å². The normalized spacial score (nSPS) is 13.4. The first kappa shape index (κ1) is 17.4. The molecule has 0 fully saturated rings. The molecule has 0 N–H and O–H groups in total. The summed E-state index contributed by atoms with van der Waals surface area (Å²) in [6.45, 7) is 6.95. The first-order chi connectivity index (χ1) is 12.2. The zero-order valence-electron chi connectivity index (χ0n) is 15.1. The van der Waals surface area contributed by atoms with Gasteiger partial charge in [0.05, 0.1) is 12.4 Å². The molecule has 132 valence electrons. The van der Waals surface area contributed by atoms with Gasteiger partial charge in [0.15, 0.2) is 0 Å². The van der Waals surface area contributed by atoms with Crippen LogP contribution in [0.15, 0.2) is 36.7 Å². The molecular formula is C20H26N4O. The van der Waals surface area contributed by atoms with Crippen LogP contribution in [0.3, 0.4) is 0 Å². The summed E-state index contributed by atoms with van der Waals surface area (Å²) in [4.78, 5) is 25.9. The Bertz CT molecular complexity index is 708. The van der Waals surface area contributed by atoms with E-state index < -0.39 is 0 Å². The molecule has 0 atom stereocenters. The van der Waals surface area contributed by atoms with E-state index in [-0.39, 0.29) is 5.91 Å². The predicted molar refractivity (Wildman–Crippen MR) is 101 cm³/mol. The molecule has 2 aromatic rings. The summed E-state index contributed by atoms with van der Waals surface area (Å²) in [5.41, 5.74) is 2.64. The fourth-order valence-electron chi connectivity index (χ4n) is 3.36. The molecule has 3 rings (SSSR count). The van der Waals surface area contributed by atoms with Gasteiger partial charge in [-0.1, -0.05) is 32.0 Å². The Kier molecular flexibility index (Phi) is 5.64. The molecular weight excluding hydrogens is 312 g/mol. The number of hydrogen-bond acceptors (Lipinski definition) is 4. The third-order valence-corrected chi connectivity index (χ3v) is 4.52. The monoisotopic (exact) mass is 338 g/mol. The highest BCUT2D eigenvalue weighted by atomic mass is 16.2. The third kappa shape index (κ3) is 3.81. The number of amides is 1. The molecule has 2 heterocycles. The lowest BCUT2D eigenvalue weighted by Gasteiger charge is -2.29. The molecule has 0 bridgehead atoms. The fourth-order valence-corrected chi connectivity index (χ4v) is 3.36. The van der Waals surface area contributed by atoms with Crippen LogP contribution in [0, 0.1) is 0 Å². The molecule has 0 aliphatic carbocycles. The Morgan fingerprint density at radius 2 is 1.88 bits per heavy atom. The van der Waals surface area contributed by atoms with Crippen LogP contribution in [0.5, 0.6) is 0 Å². The van der Waals surface area contributed by atoms with E-state index in [1.165, 1.54) is 5.56 Å². The molecule has 0 saturated heterocycles. The van der Waals surface area contributed by atoms with Crippen molar-refractivity contribution in [1.82, 2.24) is 9.97 Å². The second-order valence-corrected chi connectivity index (χ2v) is 6.44. The Labute approximate surface area is 149 Å². The van der Waals surface area contributed by atoms with Crippen LogP contribution in [0.25, 0.3) is 0 Å². The number of rotatable bonds is 6. The van der Waals surface area contributed by atoms with Gasteiger partial charge in [0.1, 0.15) is 11.5 Å². The Hall–Kier alpha value is -2.43. The Balaban J connectivity index is 1.80. The molecule has 5 heteroatoms. The van der Waals surface area contributed by atoms with E-state index >= 15 is 0 Å². The van der Waals surface area contributed by atoms with E-state index in [0.29, 0.717) is 5.69 Å². The lowest BCUT2D eigenvalue weighted by atomic mass is 10.0. The highest BCUT2D eigenvalue weighted by Crippen LogP contribution is 2.27. The predicted octanol–water partition coefficient (Wildman–Crippen LogP) is 3.70. The minimum absolute atomic E-state index is 0.0660. The second kappa shape index (κ2) is 8.10. The minimum atomic E-state index is -0.0660. The molecule has 0 saturated carbocycles. The van der Waals surface area contributed by atoms with Crippen molar-refractivity contribution in [2.75, 3.05) is 29.4 Å². The summed E-state index contributed by atoms with van der Waals surface area (Å²) in [5, 5.41) is 0. The average Bonchev–Trinajstić information content (AvgIpc) is 2.67. The molecule has 25 heavy (non-hydrogen) atoms. The molecule has 0 spiro atoms. The van der Waals surface area contributed by atoms with E-state index in [2.05, 4.69) is 34.8 Å². The van der Waals surface area contributed by atoms with E-state index in [1.54, 1.807) is 12.4 Å². The van der Waals surface area contributed by atoms with Crippen LogP contribution in [0.4, 0.5) is 11.5 Å². The highest BCUT2D eigenvalue weighted by Gasteiger charge is 2.24. The van der Waals surface area contributed by atoms with Crippen molar-refractivity contribution >= 4 is 17.4 Å². The molecule has 1 amide bonds. The summed E-state index contributed by atoms with van der Waals surface area (Å²) < 4.78 is 0. The summed E-state index contributed by atoms with van der Waals surface area (Å²) >= 11 is 0. The van der Waals surface area contributed by atoms with Gasteiger partial charge >= 0.3 is 0 Å². The number of carbonyl (C=O) groups excluding carboxylic acids is 1. The summed E-state index contributed by atoms with van der Waals surface area (Å²) in [7, 11) is 0. The van der Waals surface area contributed by atoms with E-state index in [0.717, 1.165) is 56.8 Å². The molecule has 1 aliphatic heterocycles. The van der Waals surface area contributed by atoms with E-state index in [9.17, 15) is 4.79 Å². The van der Waals surface area contributed by atoms with Gasteiger partial charge in [-0.05, 0) is 37.3 Å². The lowest BCUT2D eigenvalue weighted by molar-refractivity contribution is 0.0980. The lowest BCUT2D eigenvalue weighted by Crippen LogP contribution is -2.36. The number of nitrogens with zero attached hydrogens (tertiary/aromatic N) is 4. The van der Waals surface area contributed by atoms with Gasteiger partial charge < -0.3 is 9.80 Å². The van der Waals surface area contributed by atoms with Gasteiger partial charge in [0.2, 0.25) is 0 Å². The van der Waals surface area contributed by atoms with Crippen LogP contribution >= 0.6 is 0 Å². The number of fused-ring (bicyclic) bond motifs is 1. The summed E-state index contributed by atoms with van der Waals surface area (Å²) in [5.74, 6) is 0.781. The summed E-state index contributed by atoms with van der Waals surface area (Å²) in [6.07, 6.45) is 7.48. The van der Waals surface area contributed by atoms with Crippen molar-refractivity contribution in [3.63, 3.8) is 0 Å². The average molecular weight is 338 g/mol. The van der Waals surface area contributed by atoms with Crippen LogP contribution < -0.4 is 9.80 Å². The van der Waals surface area contributed by atoms with Crippen LogP contribution in [0.2, 0.25) is 0 Å². The Morgan fingerprint density at radius 3 is 2.56 bits per heavy atom. The number of anilines is 2. The number of aryl methyl sites for hydroxylation is 1. The first-order valence-electron chi connectivity index (χ1n) is 9.21. The maximum absolute atomic E-state index is 12.9. The quantitative estimate of drug-likeness (QED) is 0.806. The standard InChI is InChI=1S/C20H26N4O/c1-3-11-23(12-4-2)19-15-21-17(14-22-19)20(25)24-13-7-9-16-8-5-6-10-18(16)24/h5-6,8,10,14-15H,3-4,7,9,11-13H2,1-2H3. The SMILES string of the molecule is CCCN(CCC)c1cnc(C(=O)N2CCCc3ccccc32)cn1. The minimum Gasteiger partial charge on any atom is -0.355 e. The zero-order chi connectivity index (χ0) is 17.6. The number of hydrogen-bond donors (Lipinski definition) is 0. The van der Waals surface area contributed by atoms with E-state index in [4.69, 9.17) is 0 Å². The third-order valence-electron chi connectivity index (χ3n) is 4.52. The van der Waals surface area contributed by atoms with Crippen molar-refractivity contribution in [2.24, 2.45) is 0 Å². The second-order valence-electron chi connectivity index (χ2n) is 6.44. The van der Waals surface area contributed by atoms with Crippen molar-refractivity contribution in [1.29, 1.82) is 0 Å². The van der Waals surface area contributed by atoms with Gasteiger partial charge in [-0.2, -0.15) is 0 Å². The van der Waals surface area contributed by atoms with Crippen molar-refractivity contribution < 1.29 is 4.79 Å². The molecule has 1 aromatic carbocycles. The van der Waals surface area contributed by atoms with Crippen LogP contribution in [0.1, 0.15) is 49.2 Å². The van der Waals surface area contributed by atoms with Crippen LogP contribution in [-0.4, -0.2) is 35.5 Å². The smallest absolute Gasteiger partial charge is 0.278 e. The van der Waals surface area contributed by atoms with Gasteiger partial charge in [-0.15, -0.1) is 0 Å². The highest BCUT2D eigenvalue weighted by molar-refractivity contribution is 6.05. The number of para-hydroxylation sites is 1. The molecule has 0 unspecified atom stereocenters. The van der Waals surface area contributed by atoms with Crippen molar-refractivity contribution in [3.05, 3.63) is 47.9 Å². The molecule has 1 aromatic heterocycles. The van der Waals surface area contributed by atoms with Gasteiger partial charge in [0.25, 0.3) is 5.91 Å². The fraction of sp³-hybridized carbons (Fsp3) is 0.450.